The van der Waals surface area contributed by atoms with Crippen LogP contribution in [-0.4, -0.2) is 11.5 Å². The van der Waals surface area contributed by atoms with Gasteiger partial charge in [-0.05, 0) is 37.1 Å². The molecule has 0 N–H and O–H groups in total. The zero-order valence-electron chi connectivity index (χ0n) is 9.92. The van der Waals surface area contributed by atoms with Crippen LogP contribution in [0, 0.1) is 11.7 Å². The minimum Gasteiger partial charge on any atom is -0.295 e. The Hall–Kier alpha value is -0.830. The van der Waals surface area contributed by atoms with Gasteiger partial charge in [-0.15, -0.1) is 11.8 Å². The molecule has 0 saturated heterocycles. The van der Waals surface area contributed by atoms with E-state index in [1.807, 2.05) is 0 Å². The van der Waals surface area contributed by atoms with E-state index in [0.29, 0.717) is 16.4 Å². The van der Waals surface area contributed by atoms with Crippen molar-refractivity contribution in [1.82, 2.24) is 0 Å². The van der Waals surface area contributed by atoms with Crippen molar-refractivity contribution in [2.45, 2.75) is 32.1 Å². The van der Waals surface area contributed by atoms with Gasteiger partial charge in [-0.3, -0.25) is 4.79 Å². The molecule has 16 heavy (non-hydrogen) atoms. The summed E-state index contributed by atoms with van der Waals surface area (Å²) in [6.07, 6.45) is 1.07. The first-order valence-corrected chi connectivity index (χ1v) is 6.42. The number of halogens is 1. The average molecular weight is 240 g/mol. The van der Waals surface area contributed by atoms with Crippen molar-refractivity contribution < 1.29 is 9.18 Å². The molecule has 1 aromatic carbocycles. The van der Waals surface area contributed by atoms with Crippen molar-refractivity contribution >= 4 is 17.5 Å². The second kappa shape index (κ2) is 6.04. The van der Waals surface area contributed by atoms with Gasteiger partial charge >= 0.3 is 0 Å². The summed E-state index contributed by atoms with van der Waals surface area (Å²) in [5.74, 6) is 1.15. The van der Waals surface area contributed by atoms with Crippen LogP contribution in [0.25, 0.3) is 0 Å². The fraction of sp³-hybridized carbons (Fsp3) is 0.462. The zero-order valence-corrected chi connectivity index (χ0v) is 10.7. The van der Waals surface area contributed by atoms with Crippen LogP contribution in [0.1, 0.15) is 37.6 Å². The van der Waals surface area contributed by atoms with E-state index < -0.39 is 0 Å². The van der Waals surface area contributed by atoms with Gasteiger partial charge in [-0.1, -0.05) is 19.9 Å². The van der Waals surface area contributed by atoms with Gasteiger partial charge in [-0.2, -0.15) is 0 Å². The first-order valence-electron chi connectivity index (χ1n) is 5.44. The Morgan fingerprint density at radius 1 is 1.44 bits per heavy atom. The predicted molar refractivity (Wildman–Crippen MR) is 66.6 cm³/mol. The Bertz CT molecular complexity index is 374. The molecule has 3 heteroatoms. The summed E-state index contributed by atoms with van der Waals surface area (Å²) in [5.41, 5.74) is 0.436. The van der Waals surface area contributed by atoms with Gasteiger partial charge in [0.1, 0.15) is 5.82 Å². The normalized spacial score (nSPS) is 10.8. The summed E-state index contributed by atoms with van der Waals surface area (Å²) in [6, 6.07) is 4.69. The summed E-state index contributed by atoms with van der Waals surface area (Å²) in [7, 11) is 0. The summed E-state index contributed by atoms with van der Waals surface area (Å²) < 4.78 is 13.6. The molecule has 0 bridgehead atoms. The highest BCUT2D eigenvalue weighted by Gasteiger charge is 2.07. The number of ketones is 1. The standard InChI is InChI=1S/C13H17FOS/c1-9(2)6-7-16-13-5-4-11(10(3)15)8-12(13)14/h4-5,8-9H,6-7H2,1-3H3. The van der Waals surface area contributed by atoms with E-state index >= 15 is 0 Å². The molecule has 1 aromatic rings. The number of carbonyl (C=O) groups excluding carboxylic acids is 1. The topological polar surface area (TPSA) is 17.1 Å². The van der Waals surface area contributed by atoms with Crippen LogP contribution in [-0.2, 0) is 0 Å². The number of hydrogen-bond donors (Lipinski definition) is 0. The van der Waals surface area contributed by atoms with E-state index in [-0.39, 0.29) is 11.6 Å². The van der Waals surface area contributed by atoms with Crippen LogP contribution in [0.5, 0.6) is 0 Å². The van der Waals surface area contributed by atoms with E-state index in [2.05, 4.69) is 13.8 Å². The van der Waals surface area contributed by atoms with Crippen molar-refractivity contribution in [3.8, 4) is 0 Å². The second-order valence-corrected chi connectivity index (χ2v) is 5.37. The molecule has 0 atom stereocenters. The molecule has 0 aliphatic heterocycles. The lowest BCUT2D eigenvalue weighted by Crippen LogP contribution is -1.95. The fourth-order valence-corrected chi connectivity index (χ4v) is 2.41. The third kappa shape index (κ3) is 3.97. The van der Waals surface area contributed by atoms with Crippen molar-refractivity contribution in [2.75, 3.05) is 5.75 Å². The molecule has 0 spiro atoms. The summed E-state index contributed by atoms with van der Waals surface area (Å²) in [5, 5.41) is 0. The smallest absolute Gasteiger partial charge is 0.159 e. The lowest BCUT2D eigenvalue weighted by atomic mass is 10.1. The second-order valence-electron chi connectivity index (χ2n) is 4.23. The maximum atomic E-state index is 13.6. The van der Waals surface area contributed by atoms with E-state index in [1.54, 1.807) is 12.1 Å². The van der Waals surface area contributed by atoms with Gasteiger partial charge in [0.2, 0.25) is 0 Å². The molecule has 0 radical (unpaired) electrons. The van der Waals surface area contributed by atoms with Crippen LogP contribution < -0.4 is 0 Å². The summed E-state index contributed by atoms with van der Waals surface area (Å²) in [4.78, 5) is 11.7. The predicted octanol–water partition coefficient (Wildman–Crippen LogP) is 4.17. The molecular weight excluding hydrogens is 223 g/mol. The summed E-state index contributed by atoms with van der Waals surface area (Å²) >= 11 is 1.51. The Morgan fingerprint density at radius 2 is 2.12 bits per heavy atom. The van der Waals surface area contributed by atoms with Gasteiger partial charge in [-0.25, -0.2) is 4.39 Å². The number of Topliss-reactive ketones (excluding diaryl/α,β-unsaturated/α-hetero) is 1. The van der Waals surface area contributed by atoms with Gasteiger partial charge in [0.05, 0.1) is 0 Å². The third-order valence-corrected chi connectivity index (χ3v) is 3.37. The number of carbonyl (C=O) groups is 1. The molecule has 88 valence electrons. The minimum atomic E-state index is -0.290. The Balaban J connectivity index is 2.64. The van der Waals surface area contributed by atoms with Crippen LogP contribution in [0.4, 0.5) is 4.39 Å². The molecule has 0 aliphatic carbocycles. The quantitative estimate of drug-likeness (QED) is 0.567. The summed E-state index contributed by atoms with van der Waals surface area (Å²) in [6.45, 7) is 5.74. The molecular formula is C13H17FOS. The highest BCUT2D eigenvalue weighted by Crippen LogP contribution is 2.24. The Morgan fingerprint density at radius 3 is 2.62 bits per heavy atom. The van der Waals surface area contributed by atoms with Crippen LogP contribution in [0.15, 0.2) is 23.1 Å². The minimum absolute atomic E-state index is 0.0994. The number of benzene rings is 1. The van der Waals surface area contributed by atoms with Crippen molar-refractivity contribution in [3.05, 3.63) is 29.6 Å². The highest BCUT2D eigenvalue weighted by atomic mass is 32.2. The molecule has 1 rings (SSSR count). The van der Waals surface area contributed by atoms with Gasteiger partial charge in [0.15, 0.2) is 5.78 Å². The van der Waals surface area contributed by atoms with E-state index in [1.165, 1.54) is 24.8 Å². The fourth-order valence-electron chi connectivity index (χ4n) is 1.24. The zero-order chi connectivity index (χ0) is 12.1. The maximum absolute atomic E-state index is 13.6. The van der Waals surface area contributed by atoms with Crippen molar-refractivity contribution in [2.24, 2.45) is 5.92 Å². The molecule has 0 heterocycles. The Kier molecular flexibility index (Phi) is 5.00. The lowest BCUT2D eigenvalue weighted by Gasteiger charge is -2.06. The first-order chi connectivity index (χ1) is 7.50. The van der Waals surface area contributed by atoms with E-state index in [9.17, 15) is 9.18 Å². The number of rotatable bonds is 5. The van der Waals surface area contributed by atoms with E-state index in [4.69, 9.17) is 0 Å². The molecule has 1 nitrogen and oxygen atoms in total. The third-order valence-electron chi connectivity index (χ3n) is 2.29. The highest BCUT2D eigenvalue weighted by molar-refractivity contribution is 7.99. The largest absolute Gasteiger partial charge is 0.295 e. The monoisotopic (exact) mass is 240 g/mol. The average Bonchev–Trinajstić information content (AvgIpc) is 2.19. The van der Waals surface area contributed by atoms with Crippen molar-refractivity contribution in [3.63, 3.8) is 0 Å². The van der Waals surface area contributed by atoms with Gasteiger partial charge in [0, 0.05) is 10.5 Å². The lowest BCUT2D eigenvalue weighted by molar-refractivity contribution is 0.101. The molecule has 0 saturated carbocycles. The number of hydrogen-bond acceptors (Lipinski definition) is 2. The van der Waals surface area contributed by atoms with Gasteiger partial charge in [0.25, 0.3) is 0 Å². The van der Waals surface area contributed by atoms with Crippen LogP contribution in [0.2, 0.25) is 0 Å². The van der Waals surface area contributed by atoms with Crippen molar-refractivity contribution in [1.29, 1.82) is 0 Å². The molecule has 0 aliphatic rings. The van der Waals surface area contributed by atoms with Gasteiger partial charge < -0.3 is 0 Å². The molecule has 0 amide bonds. The van der Waals surface area contributed by atoms with Crippen LogP contribution >= 0.6 is 11.8 Å². The van der Waals surface area contributed by atoms with E-state index in [0.717, 1.165) is 12.2 Å². The van der Waals surface area contributed by atoms with Crippen LogP contribution in [0.3, 0.4) is 0 Å². The maximum Gasteiger partial charge on any atom is 0.159 e. The molecule has 0 aromatic heterocycles. The first kappa shape index (κ1) is 13.2. The Labute approximate surface area is 100 Å². The molecule has 0 unspecified atom stereocenters. The number of thioether (sulfide) groups is 1. The SMILES string of the molecule is CC(=O)c1ccc(SCCC(C)C)c(F)c1. The molecule has 0 fully saturated rings.